The Morgan fingerprint density at radius 3 is 0.686 bits per heavy atom. The quantitative estimate of drug-likeness (QED) is 0.0871. The van der Waals surface area contributed by atoms with Crippen LogP contribution in [0.2, 0.25) is 0 Å². The first kappa shape index (κ1) is 36.5. The number of hydrogen-bond acceptors (Lipinski definition) is 8. The predicted molar refractivity (Wildman–Crippen MR) is 180 cm³/mol. The molecular formula is C35H28N4O12. The first-order chi connectivity index (χ1) is 24.2. The molecule has 0 aromatic heterocycles. The second kappa shape index (κ2) is 16.2. The summed E-state index contributed by atoms with van der Waals surface area (Å²) in [5, 5.41) is 46.7. The van der Waals surface area contributed by atoms with Gasteiger partial charge in [-0.1, -0.05) is 0 Å². The second-order valence-corrected chi connectivity index (χ2v) is 10.8. The molecule has 0 aliphatic rings. The monoisotopic (exact) mass is 696 g/mol. The molecule has 16 nitrogen and oxygen atoms in total. The fourth-order valence-corrected chi connectivity index (χ4v) is 4.60. The molecule has 4 aromatic carbocycles. The molecule has 0 unspecified atom stereocenters. The van der Waals surface area contributed by atoms with Crippen molar-refractivity contribution in [2.24, 2.45) is 11.8 Å². The van der Waals surface area contributed by atoms with Gasteiger partial charge in [0.25, 0.3) is 0 Å². The van der Waals surface area contributed by atoms with E-state index < -0.39 is 65.8 Å². The lowest BCUT2D eigenvalue weighted by atomic mass is 9.90. The van der Waals surface area contributed by atoms with Crippen molar-refractivity contribution in [3.63, 3.8) is 0 Å². The number of rotatable bonds is 14. The maximum absolute atomic E-state index is 13.7. The number of carbonyl (C=O) groups excluding carboxylic acids is 4. The minimum Gasteiger partial charge on any atom is -0.478 e. The van der Waals surface area contributed by atoms with E-state index in [4.69, 9.17) is 0 Å². The fraction of sp³-hybridized carbons (Fsp3) is 0.0857. The van der Waals surface area contributed by atoms with Gasteiger partial charge in [-0.2, -0.15) is 0 Å². The van der Waals surface area contributed by atoms with Crippen molar-refractivity contribution in [2.75, 3.05) is 21.3 Å². The van der Waals surface area contributed by atoms with Crippen LogP contribution in [0.15, 0.2) is 97.1 Å². The van der Waals surface area contributed by atoms with Crippen LogP contribution >= 0.6 is 0 Å². The van der Waals surface area contributed by atoms with Gasteiger partial charge in [-0.25, -0.2) is 19.2 Å². The van der Waals surface area contributed by atoms with Gasteiger partial charge in [-0.15, -0.1) is 0 Å². The maximum Gasteiger partial charge on any atom is 0.335 e. The molecule has 0 heterocycles. The second-order valence-electron chi connectivity index (χ2n) is 10.8. The molecule has 0 saturated carbocycles. The summed E-state index contributed by atoms with van der Waals surface area (Å²) in [5.74, 6) is -12.5. The zero-order chi connectivity index (χ0) is 37.2. The molecular weight excluding hydrogens is 668 g/mol. The van der Waals surface area contributed by atoms with Gasteiger partial charge in [0.15, 0.2) is 0 Å². The van der Waals surface area contributed by atoms with Gasteiger partial charge >= 0.3 is 23.9 Å². The van der Waals surface area contributed by atoms with Crippen LogP contribution < -0.4 is 21.3 Å². The van der Waals surface area contributed by atoms with Crippen molar-refractivity contribution in [1.29, 1.82) is 0 Å². The van der Waals surface area contributed by atoms with Crippen LogP contribution in [-0.2, 0) is 19.2 Å². The van der Waals surface area contributed by atoms with E-state index in [-0.39, 0.29) is 45.0 Å². The molecule has 260 valence electrons. The lowest BCUT2D eigenvalue weighted by molar-refractivity contribution is -0.133. The normalized spacial score (nSPS) is 10.5. The van der Waals surface area contributed by atoms with Crippen LogP contribution in [0.25, 0.3) is 0 Å². The summed E-state index contributed by atoms with van der Waals surface area (Å²) in [7, 11) is 0. The van der Waals surface area contributed by atoms with E-state index in [0.29, 0.717) is 0 Å². The van der Waals surface area contributed by atoms with Gasteiger partial charge in [-0.05, 0) is 103 Å². The van der Waals surface area contributed by atoms with Crippen molar-refractivity contribution in [2.45, 2.75) is 6.42 Å². The van der Waals surface area contributed by atoms with Crippen LogP contribution in [-0.4, -0.2) is 67.9 Å². The van der Waals surface area contributed by atoms with Gasteiger partial charge in [0, 0.05) is 22.7 Å². The molecule has 0 spiro atoms. The molecule has 16 heteroatoms. The first-order valence-corrected chi connectivity index (χ1v) is 14.8. The van der Waals surface area contributed by atoms with Crippen LogP contribution in [0.3, 0.4) is 0 Å². The van der Waals surface area contributed by atoms with Crippen LogP contribution in [0.5, 0.6) is 0 Å². The molecule has 0 bridgehead atoms. The smallest absolute Gasteiger partial charge is 0.335 e. The van der Waals surface area contributed by atoms with E-state index in [1.165, 1.54) is 97.1 Å². The average molecular weight is 697 g/mol. The van der Waals surface area contributed by atoms with Crippen molar-refractivity contribution in [3.05, 3.63) is 119 Å². The van der Waals surface area contributed by atoms with Crippen LogP contribution in [0.1, 0.15) is 47.9 Å². The first-order valence-electron chi connectivity index (χ1n) is 14.8. The van der Waals surface area contributed by atoms with Gasteiger partial charge in [-0.3, -0.25) is 19.2 Å². The molecule has 4 aromatic rings. The molecule has 4 amide bonds. The standard InChI is InChI=1S/C35H28N4O12/c40-28(36-22-9-1-18(2-10-22)32(44)45)26(29(41)37-23-11-3-19(4-12-23)33(46)47)17-27(30(42)38-24-13-5-20(6-14-24)34(48)49)31(43)39-25-15-7-21(8-16-25)35(50)51/h1-16,26-27H,17H2,(H,36,40)(H,37,41)(H,38,42)(H,39,43)(H,44,45)(H,46,47)(H,48,49)(H,50,51). The Kier molecular flexibility index (Phi) is 11.6. The Morgan fingerprint density at radius 1 is 0.353 bits per heavy atom. The van der Waals surface area contributed by atoms with Gasteiger partial charge in [0.1, 0.15) is 11.8 Å². The highest BCUT2D eigenvalue weighted by Crippen LogP contribution is 2.23. The third-order valence-corrected chi connectivity index (χ3v) is 7.33. The number of carboxylic acids is 4. The molecule has 0 aliphatic carbocycles. The Labute approximate surface area is 287 Å². The average Bonchev–Trinajstić information content (AvgIpc) is 3.09. The number of benzene rings is 4. The number of amides is 4. The molecule has 0 fully saturated rings. The molecule has 0 atom stereocenters. The van der Waals surface area contributed by atoms with E-state index in [0.717, 1.165) is 0 Å². The molecule has 0 aliphatic heterocycles. The topological polar surface area (TPSA) is 266 Å². The Morgan fingerprint density at radius 2 is 0.529 bits per heavy atom. The van der Waals surface area contributed by atoms with E-state index >= 15 is 0 Å². The van der Waals surface area contributed by atoms with Crippen molar-refractivity contribution in [3.8, 4) is 0 Å². The number of nitrogens with one attached hydrogen (secondary N) is 4. The summed E-state index contributed by atoms with van der Waals surface area (Å²) in [6.07, 6.45) is -0.754. The predicted octanol–water partition coefficient (Wildman–Crippen LogP) is 3.96. The highest BCUT2D eigenvalue weighted by Gasteiger charge is 2.37. The zero-order valence-corrected chi connectivity index (χ0v) is 26.2. The molecule has 4 rings (SSSR count). The summed E-state index contributed by atoms with van der Waals surface area (Å²) in [6, 6.07) is 19.7. The minimum absolute atomic E-state index is 0.0797. The highest BCUT2D eigenvalue weighted by molar-refractivity contribution is 6.15. The fourth-order valence-electron chi connectivity index (χ4n) is 4.60. The van der Waals surface area contributed by atoms with E-state index in [2.05, 4.69) is 21.3 Å². The number of carbonyl (C=O) groups is 8. The summed E-state index contributed by atoms with van der Waals surface area (Å²) in [4.78, 5) is 99.7. The summed E-state index contributed by atoms with van der Waals surface area (Å²) < 4.78 is 0. The number of anilines is 4. The van der Waals surface area contributed by atoms with Gasteiger partial charge in [0.2, 0.25) is 23.6 Å². The Hall–Kier alpha value is -7.36. The molecule has 0 radical (unpaired) electrons. The maximum atomic E-state index is 13.7. The molecule has 0 saturated heterocycles. The SMILES string of the molecule is O=C(O)c1ccc(NC(=O)C(CC(C(=O)Nc2ccc(C(=O)O)cc2)C(=O)Nc2ccc(C(=O)O)cc2)C(=O)Nc2ccc(C(=O)O)cc2)cc1. The summed E-state index contributed by atoms with van der Waals surface area (Å²) in [5.41, 5.74) is -0.0393. The van der Waals surface area contributed by atoms with Gasteiger partial charge < -0.3 is 41.7 Å². The largest absolute Gasteiger partial charge is 0.478 e. The Balaban J connectivity index is 1.68. The third-order valence-electron chi connectivity index (χ3n) is 7.33. The number of hydrogen-bond donors (Lipinski definition) is 8. The van der Waals surface area contributed by atoms with Crippen molar-refractivity contribution in [1.82, 2.24) is 0 Å². The van der Waals surface area contributed by atoms with E-state index in [1.807, 2.05) is 0 Å². The van der Waals surface area contributed by atoms with E-state index in [9.17, 15) is 58.8 Å². The van der Waals surface area contributed by atoms with Gasteiger partial charge in [0.05, 0.1) is 22.3 Å². The Bertz CT molecular complexity index is 1700. The molecule has 8 N–H and O–H groups in total. The highest BCUT2D eigenvalue weighted by atomic mass is 16.4. The lowest BCUT2D eigenvalue weighted by Gasteiger charge is -2.22. The van der Waals surface area contributed by atoms with E-state index in [1.54, 1.807) is 0 Å². The molecule has 51 heavy (non-hydrogen) atoms. The number of aromatic carboxylic acids is 4. The summed E-state index contributed by atoms with van der Waals surface area (Å²) in [6.45, 7) is 0. The third kappa shape index (κ3) is 9.83. The van der Waals surface area contributed by atoms with Crippen LogP contribution in [0.4, 0.5) is 22.7 Å². The summed E-state index contributed by atoms with van der Waals surface area (Å²) >= 11 is 0. The number of carboxylic acid groups (broad SMARTS) is 4. The zero-order valence-electron chi connectivity index (χ0n) is 26.2. The van der Waals surface area contributed by atoms with Crippen LogP contribution in [0, 0.1) is 11.8 Å². The van der Waals surface area contributed by atoms with Crippen molar-refractivity contribution < 1.29 is 58.8 Å². The minimum atomic E-state index is -1.78. The van der Waals surface area contributed by atoms with Crippen molar-refractivity contribution >= 4 is 70.3 Å². The lowest BCUT2D eigenvalue weighted by Crippen LogP contribution is -2.41.